The van der Waals surface area contributed by atoms with E-state index in [0.717, 1.165) is 33.4 Å². The van der Waals surface area contributed by atoms with Gasteiger partial charge in [0.25, 0.3) is 0 Å². The number of anilines is 3. The van der Waals surface area contributed by atoms with Gasteiger partial charge in [-0.15, -0.1) is 0 Å². The molecule has 0 amide bonds. The molecule has 0 fully saturated rings. The molecule has 0 aromatic heterocycles. The summed E-state index contributed by atoms with van der Waals surface area (Å²) < 4.78 is 147. The summed E-state index contributed by atoms with van der Waals surface area (Å²) in [5.74, 6) is -11.3. The largest absolute Gasteiger partial charge is 0.457 e. The molecule has 0 spiro atoms. The topological polar surface area (TPSA) is 21.7 Å². The van der Waals surface area contributed by atoms with Crippen molar-refractivity contribution in [2.75, 3.05) is 4.90 Å². The maximum Gasteiger partial charge on any atom is 0.166 e. The zero-order valence-corrected chi connectivity index (χ0v) is 50.3. The second-order valence-electron chi connectivity index (χ2n) is 23.4. The zero-order chi connectivity index (χ0) is 65.3. The van der Waals surface area contributed by atoms with E-state index >= 15 is 35.1 Å². The lowest BCUT2D eigenvalue weighted by Gasteiger charge is -2.36. The third-order valence-electron chi connectivity index (χ3n) is 18.2. The van der Waals surface area contributed by atoms with Gasteiger partial charge >= 0.3 is 0 Å². The van der Waals surface area contributed by atoms with Crippen molar-refractivity contribution in [2.24, 2.45) is 0 Å². The third-order valence-corrected chi connectivity index (χ3v) is 18.2. The van der Waals surface area contributed by atoms with E-state index in [9.17, 15) is 0 Å². The summed E-state index contributed by atoms with van der Waals surface area (Å²) in [6, 6.07) is 77.6. The Morgan fingerprint density at radius 3 is 1.04 bits per heavy atom. The molecule has 13 aromatic rings. The molecule has 460 valence electrons. The second kappa shape index (κ2) is 23.7. The van der Waals surface area contributed by atoms with Crippen LogP contribution in [0.3, 0.4) is 0 Å². The summed E-state index contributed by atoms with van der Waals surface area (Å²) in [4.78, 5) is 1.85. The molecule has 2 unspecified atom stereocenters. The summed E-state index contributed by atoms with van der Waals surface area (Å²) in [7, 11) is 0. The Morgan fingerprint density at radius 2 is 0.621 bits per heavy atom. The van der Waals surface area contributed by atoms with Gasteiger partial charge < -0.3 is 14.4 Å². The first-order valence-corrected chi connectivity index (χ1v) is 30.5. The number of halogens is 8. The Morgan fingerprint density at radius 1 is 0.284 bits per heavy atom. The molecule has 0 aliphatic heterocycles. The molecule has 0 saturated heterocycles. The smallest absolute Gasteiger partial charge is 0.166 e. The Labute approximate surface area is 542 Å². The van der Waals surface area contributed by atoms with E-state index in [0.29, 0.717) is 73.4 Å². The Bertz CT molecular complexity index is 4890. The fraction of sp³-hybridized carbons (Fsp3) is 0.0238. The van der Waals surface area contributed by atoms with Crippen molar-refractivity contribution in [1.29, 1.82) is 0 Å². The van der Waals surface area contributed by atoms with Gasteiger partial charge in [-0.1, -0.05) is 195 Å². The highest BCUT2D eigenvalue weighted by Gasteiger charge is 2.53. The van der Waals surface area contributed by atoms with Crippen molar-refractivity contribution in [1.82, 2.24) is 0 Å². The molecule has 0 radical (unpaired) electrons. The van der Waals surface area contributed by atoms with Crippen LogP contribution in [-0.2, 0) is 10.8 Å². The molecule has 2 aliphatic carbocycles. The number of nitrogens with zero attached hydrogens (tertiary/aromatic N) is 1. The van der Waals surface area contributed by atoms with Gasteiger partial charge in [-0.3, -0.25) is 0 Å². The summed E-state index contributed by atoms with van der Waals surface area (Å²) in [5, 5.41) is 0. The minimum Gasteiger partial charge on any atom is -0.457 e. The predicted molar refractivity (Wildman–Crippen MR) is 359 cm³/mol. The summed E-state index contributed by atoms with van der Waals surface area (Å²) in [5.41, 5.74) is 3.84. The molecule has 13 aromatic carbocycles. The molecule has 15 rings (SSSR count). The second-order valence-corrected chi connectivity index (χ2v) is 23.4. The molecule has 0 bridgehead atoms. The fourth-order valence-electron chi connectivity index (χ4n) is 14.0. The standard InChI is InChI=1S/C84H51F8NO2/c1-3-50-24-34-61(35-25-50)94-63-38-28-56(29-39-63)83(77-79(89)73(85)48-74(86)80(77)90)69-22-10-8-20-65(69)67-42-32-59(46-71(67)83)93(58-19-13-18-55(45-58)54-17-12-16-53(44-54)52-14-6-5-7-15-52)60-33-43-68-66-21-9-11-23-70(66)84(72(68)47-60,78-81(91)75(87)49-76(88)82(78)92)57-30-40-64(41-31-57)95-62-36-26-51(4-2)27-37-62/h3-49H,1-2H2. The number of fused-ring (bicyclic) bond motifs is 6. The number of hydrogen-bond acceptors (Lipinski definition) is 3. The van der Waals surface area contributed by atoms with Crippen LogP contribution < -0.4 is 14.4 Å². The van der Waals surface area contributed by atoms with Crippen LogP contribution in [0, 0.1) is 46.5 Å². The highest BCUT2D eigenvalue weighted by atomic mass is 19.2. The van der Waals surface area contributed by atoms with Crippen molar-refractivity contribution in [2.45, 2.75) is 10.8 Å². The average Bonchev–Trinajstić information content (AvgIpc) is 1.56. The SMILES string of the molecule is C=Cc1ccc(Oc2ccc(C3(c4c(F)c(F)cc(F)c4F)c4ccccc4-c4ccc(N(c5cccc(-c6cccc(-c7ccccc7)c6)c5)c5ccc6c(c5)C(c5ccc(Oc7ccc(C=C)cc7)cc5)(c5c(F)c(F)cc(F)c5F)c5ccccc5-6)cc43)cc2)cc1. The average molecular weight is 1260 g/mol. The van der Waals surface area contributed by atoms with Crippen LogP contribution in [0.4, 0.5) is 52.2 Å². The van der Waals surface area contributed by atoms with Crippen molar-refractivity contribution < 1.29 is 44.6 Å². The van der Waals surface area contributed by atoms with Crippen molar-refractivity contribution >= 4 is 29.2 Å². The molecule has 0 N–H and O–H groups in total. The molecular weight excluding hydrogens is 1210 g/mol. The molecule has 3 nitrogen and oxygen atoms in total. The van der Waals surface area contributed by atoms with Crippen LogP contribution in [0.2, 0.25) is 0 Å². The van der Waals surface area contributed by atoms with E-state index in [1.807, 2.05) is 114 Å². The van der Waals surface area contributed by atoms with Crippen LogP contribution in [0.5, 0.6) is 23.0 Å². The summed E-state index contributed by atoms with van der Waals surface area (Å²) in [6.45, 7) is 7.66. The van der Waals surface area contributed by atoms with Crippen LogP contribution in [0.1, 0.15) is 55.6 Å². The van der Waals surface area contributed by atoms with Crippen molar-refractivity contribution in [3.05, 3.63) is 388 Å². The van der Waals surface area contributed by atoms with Crippen LogP contribution in [0.15, 0.2) is 286 Å². The van der Waals surface area contributed by atoms with Crippen molar-refractivity contribution in [3.63, 3.8) is 0 Å². The van der Waals surface area contributed by atoms with Crippen LogP contribution in [0.25, 0.3) is 56.7 Å². The van der Waals surface area contributed by atoms with Crippen molar-refractivity contribution in [3.8, 4) is 67.5 Å². The van der Waals surface area contributed by atoms with E-state index in [1.165, 1.54) is 0 Å². The normalized spacial score (nSPS) is 14.9. The molecule has 2 atom stereocenters. The number of benzene rings is 13. The highest BCUT2D eigenvalue weighted by Crippen LogP contribution is 2.61. The number of ether oxygens (including phenoxy) is 2. The Balaban J connectivity index is 0.986. The fourth-order valence-corrected chi connectivity index (χ4v) is 14.0. The minimum absolute atomic E-state index is 0.187. The monoisotopic (exact) mass is 1260 g/mol. The van der Waals surface area contributed by atoms with Gasteiger partial charge in [0.15, 0.2) is 46.5 Å². The third kappa shape index (κ3) is 9.80. The first-order valence-electron chi connectivity index (χ1n) is 30.5. The van der Waals surface area contributed by atoms with Gasteiger partial charge in [-0.25, -0.2) is 35.1 Å². The number of rotatable bonds is 15. The molecular formula is C84H51F8NO2. The van der Waals surface area contributed by atoms with E-state index in [-0.39, 0.29) is 34.4 Å². The quantitative estimate of drug-likeness (QED) is 0.0754. The van der Waals surface area contributed by atoms with Gasteiger partial charge in [0, 0.05) is 40.3 Å². The van der Waals surface area contributed by atoms with Crippen LogP contribution in [-0.4, -0.2) is 0 Å². The first kappa shape index (κ1) is 59.5. The summed E-state index contributed by atoms with van der Waals surface area (Å²) >= 11 is 0. The van der Waals surface area contributed by atoms with Gasteiger partial charge in [0.1, 0.15) is 23.0 Å². The Hall–Kier alpha value is -11.8. The first-order chi connectivity index (χ1) is 46.3. The predicted octanol–water partition coefficient (Wildman–Crippen LogP) is 23.2. The minimum atomic E-state index is -2.13. The lowest BCUT2D eigenvalue weighted by Crippen LogP contribution is -2.32. The van der Waals surface area contributed by atoms with E-state index < -0.39 is 68.5 Å². The zero-order valence-electron chi connectivity index (χ0n) is 50.3. The molecule has 11 heteroatoms. The molecule has 95 heavy (non-hydrogen) atoms. The molecule has 2 aliphatic rings. The lowest BCUT2D eigenvalue weighted by atomic mass is 9.67. The van der Waals surface area contributed by atoms with Crippen LogP contribution >= 0.6 is 0 Å². The van der Waals surface area contributed by atoms with E-state index in [4.69, 9.17) is 9.47 Å². The maximum absolute atomic E-state index is 17.5. The van der Waals surface area contributed by atoms with Gasteiger partial charge in [0.2, 0.25) is 0 Å². The molecule has 0 saturated carbocycles. The van der Waals surface area contributed by atoms with Gasteiger partial charge in [0.05, 0.1) is 10.8 Å². The van der Waals surface area contributed by atoms with Gasteiger partial charge in [-0.05, 0) is 180 Å². The maximum atomic E-state index is 17.5. The lowest BCUT2D eigenvalue weighted by molar-refractivity contribution is 0.426. The summed E-state index contributed by atoms with van der Waals surface area (Å²) in [6.07, 6.45) is 3.39. The van der Waals surface area contributed by atoms with E-state index in [1.54, 1.807) is 158 Å². The number of hydrogen-bond donors (Lipinski definition) is 0. The molecule has 0 heterocycles. The highest BCUT2D eigenvalue weighted by molar-refractivity contribution is 5.93. The van der Waals surface area contributed by atoms with E-state index in [2.05, 4.69) is 19.2 Å². The Kier molecular flexibility index (Phi) is 14.8. The van der Waals surface area contributed by atoms with Gasteiger partial charge in [-0.2, -0.15) is 0 Å².